The summed E-state index contributed by atoms with van der Waals surface area (Å²) in [6.07, 6.45) is 0. The summed E-state index contributed by atoms with van der Waals surface area (Å²) in [4.78, 5) is 29.7. The van der Waals surface area contributed by atoms with E-state index in [1.807, 2.05) is 65.0 Å². The Balaban J connectivity index is 1.89. The minimum absolute atomic E-state index is 0.133. The van der Waals surface area contributed by atoms with Crippen molar-refractivity contribution in [2.45, 2.75) is 40.2 Å². The Bertz CT molecular complexity index is 1060. The van der Waals surface area contributed by atoms with Gasteiger partial charge in [0.25, 0.3) is 17.8 Å². The summed E-state index contributed by atoms with van der Waals surface area (Å²) in [6, 6.07) is 14.6. The summed E-state index contributed by atoms with van der Waals surface area (Å²) < 4.78 is 1.59. The van der Waals surface area contributed by atoms with Gasteiger partial charge in [-0.3, -0.25) is 20.2 Å². The Hall–Kier alpha value is -3.48. The molecule has 2 aromatic carbocycles. The molecule has 0 saturated heterocycles. The molecule has 1 aromatic heterocycles. The average Bonchev–Trinajstić information content (AvgIpc) is 3.04. The van der Waals surface area contributed by atoms with Crippen LogP contribution in [-0.2, 0) is 5.54 Å². The molecule has 1 heterocycles. The molecule has 0 aliphatic rings. The van der Waals surface area contributed by atoms with E-state index in [0.29, 0.717) is 11.1 Å². The third kappa shape index (κ3) is 4.51. The molecule has 2 amide bonds. The fourth-order valence-corrected chi connectivity index (χ4v) is 2.91. The lowest BCUT2D eigenvalue weighted by Crippen LogP contribution is -2.27. The number of carbonyl (C=O) groups excluding carboxylic acids is 2. The second-order valence-electron chi connectivity index (χ2n) is 7.88. The van der Waals surface area contributed by atoms with E-state index in [2.05, 4.69) is 20.7 Å². The van der Waals surface area contributed by atoms with Crippen molar-refractivity contribution < 1.29 is 9.59 Å². The fourth-order valence-electron chi connectivity index (χ4n) is 2.91. The summed E-state index contributed by atoms with van der Waals surface area (Å²) >= 11 is 0. The van der Waals surface area contributed by atoms with E-state index < -0.39 is 5.54 Å². The first-order valence-corrected chi connectivity index (χ1v) is 9.38. The molecule has 0 atom stereocenters. The number of rotatable bonds is 4. The number of nitrogens with zero attached hydrogens (tertiary/aromatic N) is 3. The fraction of sp³-hybridized carbons (Fsp3) is 0.273. The van der Waals surface area contributed by atoms with Crippen LogP contribution in [0.3, 0.4) is 0 Å². The molecule has 0 saturated carbocycles. The van der Waals surface area contributed by atoms with Crippen molar-refractivity contribution in [2.75, 3.05) is 10.6 Å². The van der Waals surface area contributed by atoms with Gasteiger partial charge in [0.1, 0.15) is 0 Å². The molecule has 7 heteroatoms. The number of anilines is 2. The zero-order valence-corrected chi connectivity index (χ0v) is 17.3. The van der Waals surface area contributed by atoms with Crippen LogP contribution in [0.4, 0.5) is 11.9 Å². The lowest BCUT2D eigenvalue weighted by Gasteiger charge is -2.21. The van der Waals surface area contributed by atoms with Gasteiger partial charge in [0.05, 0.1) is 5.54 Å². The number of carbonyl (C=O) groups is 2. The van der Waals surface area contributed by atoms with Gasteiger partial charge in [0.15, 0.2) is 0 Å². The highest BCUT2D eigenvalue weighted by molar-refractivity contribution is 6.05. The Morgan fingerprint density at radius 2 is 1.31 bits per heavy atom. The zero-order valence-electron chi connectivity index (χ0n) is 17.3. The Labute approximate surface area is 170 Å². The topological polar surface area (TPSA) is 88.9 Å². The normalized spacial score (nSPS) is 11.2. The molecule has 0 aliphatic heterocycles. The lowest BCUT2D eigenvalue weighted by molar-refractivity contribution is 0.101. The van der Waals surface area contributed by atoms with E-state index in [0.717, 1.165) is 11.1 Å². The second-order valence-corrected chi connectivity index (χ2v) is 7.88. The van der Waals surface area contributed by atoms with Gasteiger partial charge < -0.3 is 0 Å². The van der Waals surface area contributed by atoms with Crippen LogP contribution in [-0.4, -0.2) is 26.6 Å². The number of benzene rings is 2. The molecule has 2 N–H and O–H groups in total. The maximum Gasteiger partial charge on any atom is 0.258 e. The Kier molecular flexibility index (Phi) is 5.50. The van der Waals surface area contributed by atoms with Crippen LogP contribution in [0.1, 0.15) is 52.6 Å². The molecule has 7 nitrogen and oxygen atoms in total. The first-order valence-electron chi connectivity index (χ1n) is 9.38. The van der Waals surface area contributed by atoms with Crippen molar-refractivity contribution in [1.29, 1.82) is 0 Å². The van der Waals surface area contributed by atoms with E-state index in [-0.39, 0.29) is 23.7 Å². The van der Waals surface area contributed by atoms with Crippen molar-refractivity contribution >= 4 is 23.7 Å². The third-order valence-corrected chi connectivity index (χ3v) is 4.47. The Morgan fingerprint density at radius 3 is 1.79 bits per heavy atom. The largest absolute Gasteiger partial charge is 0.291 e. The van der Waals surface area contributed by atoms with E-state index in [1.54, 1.807) is 22.9 Å². The first kappa shape index (κ1) is 20.3. The lowest BCUT2D eigenvalue weighted by atomic mass is 10.1. The number of hydrogen-bond donors (Lipinski definition) is 2. The molecule has 29 heavy (non-hydrogen) atoms. The average molecular weight is 391 g/mol. The summed E-state index contributed by atoms with van der Waals surface area (Å²) in [7, 11) is 0. The summed E-state index contributed by atoms with van der Waals surface area (Å²) in [6.45, 7) is 9.56. The van der Waals surface area contributed by atoms with Gasteiger partial charge >= 0.3 is 0 Å². The van der Waals surface area contributed by atoms with Crippen LogP contribution in [0.5, 0.6) is 0 Å². The maximum absolute atomic E-state index is 12.7. The van der Waals surface area contributed by atoms with Gasteiger partial charge in [-0.2, -0.15) is 4.98 Å². The second kappa shape index (κ2) is 7.87. The van der Waals surface area contributed by atoms with Crippen LogP contribution < -0.4 is 10.6 Å². The van der Waals surface area contributed by atoms with Crippen molar-refractivity contribution in [3.8, 4) is 0 Å². The summed E-state index contributed by atoms with van der Waals surface area (Å²) in [5.74, 6) is -0.178. The van der Waals surface area contributed by atoms with Gasteiger partial charge in [-0.05, 0) is 57.9 Å². The number of hydrogen-bond acceptors (Lipinski definition) is 4. The smallest absolute Gasteiger partial charge is 0.258 e. The third-order valence-electron chi connectivity index (χ3n) is 4.47. The van der Waals surface area contributed by atoms with Gasteiger partial charge in [-0.25, -0.2) is 4.68 Å². The van der Waals surface area contributed by atoms with Gasteiger partial charge in [0.2, 0.25) is 5.95 Å². The van der Waals surface area contributed by atoms with E-state index in [9.17, 15) is 9.59 Å². The van der Waals surface area contributed by atoms with E-state index >= 15 is 0 Å². The number of aryl methyl sites for hydroxylation is 2. The van der Waals surface area contributed by atoms with Crippen molar-refractivity contribution in [1.82, 2.24) is 14.8 Å². The highest BCUT2D eigenvalue weighted by atomic mass is 16.2. The van der Waals surface area contributed by atoms with Crippen LogP contribution in [0, 0.1) is 13.8 Å². The first-order chi connectivity index (χ1) is 13.7. The molecule has 0 spiro atoms. The number of aromatic nitrogens is 3. The zero-order chi connectivity index (χ0) is 21.2. The van der Waals surface area contributed by atoms with Crippen LogP contribution in [0.15, 0.2) is 48.5 Å². The van der Waals surface area contributed by atoms with Crippen molar-refractivity contribution in [3.05, 3.63) is 70.8 Å². The molecule has 0 unspecified atom stereocenters. The molecule has 0 radical (unpaired) electrons. The number of nitrogens with one attached hydrogen (secondary N) is 2. The minimum Gasteiger partial charge on any atom is -0.291 e. The molecule has 3 rings (SSSR count). The predicted molar refractivity (Wildman–Crippen MR) is 113 cm³/mol. The van der Waals surface area contributed by atoms with Gasteiger partial charge in [0, 0.05) is 11.1 Å². The SMILES string of the molecule is Cc1ccccc1C(=O)Nc1nc(NC(=O)c2ccccc2C)n(C(C)(C)C)n1. The van der Waals surface area contributed by atoms with Crippen molar-refractivity contribution in [3.63, 3.8) is 0 Å². The van der Waals surface area contributed by atoms with E-state index in [1.165, 1.54) is 0 Å². The molecule has 150 valence electrons. The van der Waals surface area contributed by atoms with Crippen molar-refractivity contribution in [2.24, 2.45) is 0 Å². The van der Waals surface area contributed by atoms with E-state index in [4.69, 9.17) is 0 Å². The quantitative estimate of drug-likeness (QED) is 0.699. The summed E-state index contributed by atoms with van der Waals surface area (Å²) in [5.41, 5.74) is 2.37. The summed E-state index contributed by atoms with van der Waals surface area (Å²) in [5, 5.41) is 9.95. The van der Waals surface area contributed by atoms with Crippen LogP contribution in [0.25, 0.3) is 0 Å². The molecule has 3 aromatic rings. The molecule has 0 aliphatic carbocycles. The highest BCUT2D eigenvalue weighted by Crippen LogP contribution is 2.22. The monoisotopic (exact) mass is 391 g/mol. The maximum atomic E-state index is 12.7. The predicted octanol–water partition coefficient (Wildman–Crippen LogP) is 4.15. The van der Waals surface area contributed by atoms with Crippen LogP contribution in [0.2, 0.25) is 0 Å². The molecular formula is C22H25N5O2. The Morgan fingerprint density at radius 1 is 0.828 bits per heavy atom. The number of amides is 2. The molecule has 0 bridgehead atoms. The van der Waals surface area contributed by atoms with Gasteiger partial charge in [-0.1, -0.05) is 36.4 Å². The highest BCUT2D eigenvalue weighted by Gasteiger charge is 2.24. The van der Waals surface area contributed by atoms with Crippen LogP contribution >= 0.6 is 0 Å². The standard InChI is InChI=1S/C22H25N5O2/c1-14-10-6-8-12-16(14)18(28)23-20-25-21(27(26-20)22(3,4)5)24-19(29)17-13-9-7-11-15(17)2/h6-13H,1-5H3,(H2,23,24,25,26,28,29). The molecule has 0 fully saturated rings. The minimum atomic E-state index is -0.451. The van der Waals surface area contributed by atoms with Gasteiger partial charge in [-0.15, -0.1) is 5.10 Å². The molecular weight excluding hydrogens is 366 g/mol.